The van der Waals surface area contributed by atoms with Crippen LogP contribution in [0.2, 0.25) is 0 Å². The zero-order valence-electron chi connectivity index (χ0n) is 29.8. The largest absolute Gasteiger partial charge is 0.467 e. The van der Waals surface area contributed by atoms with Gasteiger partial charge in [-0.05, 0) is 156 Å². The van der Waals surface area contributed by atoms with Crippen molar-refractivity contribution in [3.8, 4) is 0 Å². The van der Waals surface area contributed by atoms with Crippen LogP contribution < -0.4 is 16.4 Å². The molecule has 1 amide bonds. The number of esters is 1. The van der Waals surface area contributed by atoms with Crippen molar-refractivity contribution in [1.29, 1.82) is 0 Å². The van der Waals surface area contributed by atoms with Crippen molar-refractivity contribution in [2.24, 2.45) is 58.0 Å². The third-order valence-electron chi connectivity index (χ3n) is 13.6. The smallest absolute Gasteiger partial charge is 0.328 e. The van der Waals surface area contributed by atoms with Crippen molar-refractivity contribution in [3.63, 3.8) is 0 Å². The molecule has 8 heteroatoms. The summed E-state index contributed by atoms with van der Waals surface area (Å²) in [6.45, 7) is 15.3. The van der Waals surface area contributed by atoms with Gasteiger partial charge in [-0.3, -0.25) is 4.79 Å². The molecule has 0 saturated heterocycles. The molecule has 4 rings (SSSR count). The molecule has 0 bridgehead atoms. The van der Waals surface area contributed by atoms with E-state index in [0.29, 0.717) is 53.4 Å². The van der Waals surface area contributed by atoms with Crippen LogP contribution in [-0.4, -0.2) is 80.4 Å². The molecule has 0 aromatic rings. The predicted molar refractivity (Wildman–Crippen MR) is 181 cm³/mol. The highest BCUT2D eigenvalue weighted by Gasteiger charge is 2.62. The maximum atomic E-state index is 12.9. The Kier molecular flexibility index (Phi) is 12.8. The molecule has 4 fully saturated rings. The van der Waals surface area contributed by atoms with E-state index in [-0.39, 0.29) is 29.3 Å². The molecule has 0 aromatic heterocycles. The molecule has 8 nitrogen and oxygen atoms in total. The standard InChI is InChI=1S/C37H68N4O4/c1-24(2)34(35(44)45-7)40-32(43)13-10-25(3)28-11-12-29-33-30(15-17-37(28,29)5)36(4)16-14-27(22-26(36)23-31(33)42)39-19-9-21-41(6)20-8-18-38/h24-31,33-34,39,42H,8-23,38H2,1-7H3,(H,40,43)/t25-,26+,27+,28-,29+,30+,31-,33+,34+,36+,37-/m1/s1. The molecule has 0 unspecified atom stereocenters. The van der Waals surface area contributed by atoms with Gasteiger partial charge in [-0.2, -0.15) is 0 Å². The molecule has 5 N–H and O–H groups in total. The van der Waals surface area contributed by atoms with Crippen LogP contribution in [0.1, 0.15) is 112 Å². The number of aliphatic hydroxyl groups excluding tert-OH is 1. The zero-order chi connectivity index (χ0) is 32.9. The molecule has 0 aromatic carbocycles. The molecule has 45 heavy (non-hydrogen) atoms. The first kappa shape index (κ1) is 36.6. The summed E-state index contributed by atoms with van der Waals surface area (Å²) in [7, 11) is 3.57. The van der Waals surface area contributed by atoms with Gasteiger partial charge < -0.3 is 31.1 Å². The summed E-state index contributed by atoms with van der Waals surface area (Å²) in [5.41, 5.74) is 6.22. The van der Waals surface area contributed by atoms with Crippen molar-refractivity contribution in [2.75, 3.05) is 40.3 Å². The van der Waals surface area contributed by atoms with E-state index >= 15 is 0 Å². The summed E-state index contributed by atoms with van der Waals surface area (Å²) in [6, 6.07) is -0.0174. The third-order valence-corrected chi connectivity index (χ3v) is 13.6. The van der Waals surface area contributed by atoms with Crippen molar-refractivity contribution >= 4 is 11.9 Å². The van der Waals surface area contributed by atoms with Gasteiger partial charge in [0.1, 0.15) is 6.04 Å². The minimum absolute atomic E-state index is 0.0119. The molecule has 0 heterocycles. The first-order chi connectivity index (χ1) is 21.3. The second kappa shape index (κ2) is 15.8. The molecular formula is C37H68N4O4. The van der Waals surface area contributed by atoms with Crippen LogP contribution in [0.25, 0.3) is 0 Å². The molecule has 4 aliphatic rings. The molecule has 0 radical (unpaired) electrons. The number of rotatable bonds is 15. The van der Waals surface area contributed by atoms with Gasteiger partial charge in [0.25, 0.3) is 0 Å². The Morgan fingerprint density at radius 3 is 2.38 bits per heavy atom. The Hall–Kier alpha value is -1.22. The molecular weight excluding hydrogens is 564 g/mol. The van der Waals surface area contributed by atoms with Crippen molar-refractivity contribution in [3.05, 3.63) is 0 Å². The zero-order valence-corrected chi connectivity index (χ0v) is 29.8. The molecule has 4 aliphatic carbocycles. The number of ether oxygens (including phenoxy) is 1. The maximum absolute atomic E-state index is 12.9. The summed E-state index contributed by atoms with van der Waals surface area (Å²) in [5, 5.41) is 18.6. The number of hydrogen-bond acceptors (Lipinski definition) is 7. The average Bonchev–Trinajstić information content (AvgIpc) is 3.36. The fourth-order valence-electron chi connectivity index (χ4n) is 10.9. The SMILES string of the molecule is COC(=O)[C@@H](NC(=O)CC[C@@H](C)[C@H]1CC[C@H]2[C@@H]3[C@H](O)C[C@@H]4C[C@@H](NCCCN(C)CCCN)CC[C@]4(C)[C@H]3CC[C@]12C)C(C)C. The van der Waals surface area contributed by atoms with Gasteiger partial charge in [0.15, 0.2) is 0 Å². The minimum Gasteiger partial charge on any atom is -0.467 e. The highest BCUT2D eigenvalue weighted by Crippen LogP contribution is 2.68. The van der Waals surface area contributed by atoms with E-state index in [9.17, 15) is 14.7 Å². The van der Waals surface area contributed by atoms with Gasteiger partial charge in [-0.1, -0.05) is 34.6 Å². The van der Waals surface area contributed by atoms with Crippen LogP contribution in [0.4, 0.5) is 0 Å². The number of nitrogens with one attached hydrogen (secondary N) is 2. The van der Waals surface area contributed by atoms with Crippen molar-refractivity contribution < 1.29 is 19.4 Å². The number of fused-ring (bicyclic) bond motifs is 5. The van der Waals surface area contributed by atoms with E-state index in [4.69, 9.17) is 10.5 Å². The molecule has 11 atom stereocenters. The number of nitrogens with zero attached hydrogens (tertiary/aromatic N) is 1. The number of nitrogens with two attached hydrogens (primary N) is 1. The number of hydrogen-bond donors (Lipinski definition) is 4. The Balaban J connectivity index is 1.31. The van der Waals surface area contributed by atoms with Crippen LogP contribution in [0.5, 0.6) is 0 Å². The Morgan fingerprint density at radius 2 is 1.69 bits per heavy atom. The van der Waals surface area contributed by atoms with E-state index in [1.54, 1.807) is 0 Å². The van der Waals surface area contributed by atoms with Crippen LogP contribution in [0.15, 0.2) is 0 Å². The van der Waals surface area contributed by atoms with Gasteiger partial charge >= 0.3 is 5.97 Å². The van der Waals surface area contributed by atoms with E-state index in [1.807, 2.05) is 13.8 Å². The first-order valence-corrected chi connectivity index (χ1v) is 18.5. The highest BCUT2D eigenvalue weighted by molar-refractivity contribution is 5.84. The quantitative estimate of drug-likeness (QED) is 0.149. The lowest BCUT2D eigenvalue weighted by molar-refractivity contribution is -0.167. The van der Waals surface area contributed by atoms with Gasteiger partial charge in [0.05, 0.1) is 13.2 Å². The normalized spacial score (nSPS) is 37.4. The molecule has 260 valence electrons. The number of carbonyl (C=O) groups is 2. The van der Waals surface area contributed by atoms with E-state index in [0.717, 1.165) is 45.4 Å². The number of methoxy groups -OCH3 is 1. The molecule has 0 aliphatic heterocycles. The summed E-state index contributed by atoms with van der Waals surface area (Å²) in [6.07, 6.45) is 12.9. The lowest BCUT2D eigenvalue weighted by atomic mass is 9.43. The van der Waals surface area contributed by atoms with Gasteiger partial charge in [0.2, 0.25) is 5.91 Å². The summed E-state index contributed by atoms with van der Waals surface area (Å²) in [4.78, 5) is 27.4. The van der Waals surface area contributed by atoms with Gasteiger partial charge in [-0.25, -0.2) is 4.79 Å². The number of carbonyl (C=O) groups excluding carboxylic acids is 2. The Labute approximate surface area is 274 Å². The minimum atomic E-state index is -0.594. The Bertz CT molecular complexity index is 978. The second-order valence-corrected chi connectivity index (χ2v) is 16.6. The van der Waals surface area contributed by atoms with E-state index in [1.165, 1.54) is 58.5 Å². The fraction of sp³-hybridized carbons (Fsp3) is 0.946. The van der Waals surface area contributed by atoms with Crippen molar-refractivity contribution in [1.82, 2.24) is 15.5 Å². The van der Waals surface area contributed by atoms with Crippen LogP contribution >= 0.6 is 0 Å². The van der Waals surface area contributed by atoms with Crippen LogP contribution in [0.3, 0.4) is 0 Å². The van der Waals surface area contributed by atoms with Crippen LogP contribution in [0, 0.1) is 52.3 Å². The summed E-state index contributed by atoms with van der Waals surface area (Å²) in [5.74, 6) is 2.76. The van der Waals surface area contributed by atoms with Gasteiger partial charge in [-0.15, -0.1) is 0 Å². The third kappa shape index (κ3) is 8.09. The average molecular weight is 633 g/mol. The lowest BCUT2D eigenvalue weighted by Gasteiger charge is -2.62. The number of amides is 1. The van der Waals surface area contributed by atoms with E-state index < -0.39 is 6.04 Å². The summed E-state index contributed by atoms with van der Waals surface area (Å²) < 4.78 is 4.91. The van der Waals surface area contributed by atoms with Crippen molar-refractivity contribution in [2.45, 2.75) is 130 Å². The second-order valence-electron chi connectivity index (χ2n) is 16.6. The first-order valence-electron chi connectivity index (χ1n) is 18.5. The van der Waals surface area contributed by atoms with Gasteiger partial charge in [0, 0.05) is 12.5 Å². The number of aliphatic hydroxyl groups is 1. The lowest BCUT2D eigenvalue weighted by Crippen LogP contribution is -2.59. The molecule has 0 spiro atoms. The molecule has 4 saturated carbocycles. The van der Waals surface area contributed by atoms with Crippen LogP contribution in [-0.2, 0) is 14.3 Å². The summed E-state index contributed by atoms with van der Waals surface area (Å²) >= 11 is 0. The predicted octanol–water partition coefficient (Wildman–Crippen LogP) is 4.98. The fourth-order valence-corrected chi connectivity index (χ4v) is 10.9. The monoisotopic (exact) mass is 633 g/mol. The highest BCUT2D eigenvalue weighted by atomic mass is 16.5. The maximum Gasteiger partial charge on any atom is 0.328 e. The topological polar surface area (TPSA) is 117 Å². The van der Waals surface area contributed by atoms with E-state index in [2.05, 4.69) is 43.4 Å². The Morgan fingerprint density at radius 1 is 1.00 bits per heavy atom.